The number of carboxylic acid groups (broad SMARTS) is 2. The fraction of sp³-hybridized carbons (Fsp3) is 0.585. The summed E-state index contributed by atoms with van der Waals surface area (Å²) in [6.45, 7) is 4.58. The summed E-state index contributed by atoms with van der Waals surface area (Å²) in [7, 11) is 0. The number of aliphatic carboxylic acids is 2. The maximum Gasteiger partial charge on any atom is 0.326 e. The van der Waals surface area contributed by atoms with Crippen LogP contribution in [0.3, 0.4) is 0 Å². The SMILES string of the molecule is CC(C)C[C@H](NC(=O)[C@H](CC(=O)O)NC(=O)[C@H](CC1CCCCC1)NC(=O)[C@H](CCC(N)=O)NC(=O)CNCCCn1ccnc1)C(=O)N[C@@H](Cc1ccccc1)C(=O)O. The first-order valence-corrected chi connectivity index (χ1v) is 20.5. The van der Waals surface area contributed by atoms with Crippen LogP contribution < -0.4 is 37.6 Å². The second-order valence-corrected chi connectivity index (χ2v) is 15.7. The van der Waals surface area contributed by atoms with E-state index in [0.717, 1.165) is 32.1 Å². The number of nitrogens with zero attached hydrogens (tertiary/aromatic N) is 2. The number of imidazole rings is 1. The molecule has 1 aromatic carbocycles. The summed E-state index contributed by atoms with van der Waals surface area (Å²) in [5, 5.41) is 35.4. The van der Waals surface area contributed by atoms with Crippen LogP contribution in [0.5, 0.6) is 0 Å². The van der Waals surface area contributed by atoms with Crippen LogP contribution in [0, 0.1) is 11.8 Å². The predicted octanol–water partition coefficient (Wildman–Crippen LogP) is 0.371. The molecule has 1 aliphatic rings. The van der Waals surface area contributed by atoms with E-state index in [1.807, 2.05) is 10.8 Å². The van der Waals surface area contributed by atoms with Gasteiger partial charge in [0.05, 0.1) is 19.3 Å². The third kappa shape index (κ3) is 18.4. The molecule has 6 amide bonds. The summed E-state index contributed by atoms with van der Waals surface area (Å²) in [6, 6.07) is 1.78. The number of carbonyl (C=O) groups excluding carboxylic acids is 6. The third-order valence-electron chi connectivity index (χ3n) is 10.1. The van der Waals surface area contributed by atoms with Crippen molar-refractivity contribution >= 4 is 47.4 Å². The highest BCUT2D eigenvalue weighted by Crippen LogP contribution is 2.27. The highest BCUT2D eigenvalue weighted by Gasteiger charge is 2.35. The number of carbonyl (C=O) groups is 8. The van der Waals surface area contributed by atoms with Crippen molar-refractivity contribution in [3.63, 3.8) is 0 Å². The summed E-state index contributed by atoms with van der Waals surface area (Å²) < 4.78 is 1.89. The lowest BCUT2D eigenvalue weighted by Crippen LogP contribution is -2.59. The van der Waals surface area contributed by atoms with E-state index in [0.29, 0.717) is 25.1 Å². The van der Waals surface area contributed by atoms with Gasteiger partial charge < -0.3 is 52.4 Å². The Morgan fingerprint density at radius 2 is 1.42 bits per heavy atom. The molecule has 19 nitrogen and oxygen atoms in total. The lowest BCUT2D eigenvalue weighted by Gasteiger charge is -2.29. The highest BCUT2D eigenvalue weighted by atomic mass is 16.4. The van der Waals surface area contributed by atoms with Gasteiger partial charge in [0, 0.05) is 31.8 Å². The van der Waals surface area contributed by atoms with Crippen LogP contribution in [0.15, 0.2) is 49.1 Å². The Morgan fingerprint density at radius 1 is 0.800 bits per heavy atom. The Hall–Kier alpha value is -5.85. The number of nitrogens with one attached hydrogen (secondary N) is 6. The van der Waals surface area contributed by atoms with Crippen molar-refractivity contribution in [2.75, 3.05) is 13.1 Å². The van der Waals surface area contributed by atoms with Crippen LogP contribution in [0.2, 0.25) is 0 Å². The molecule has 330 valence electrons. The zero-order chi connectivity index (χ0) is 44.0. The fourth-order valence-electron chi connectivity index (χ4n) is 7.02. The molecule has 5 atom stereocenters. The normalized spacial score (nSPS) is 15.4. The predicted molar refractivity (Wildman–Crippen MR) is 218 cm³/mol. The molecule has 1 heterocycles. The molecule has 0 saturated heterocycles. The third-order valence-corrected chi connectivity index (χ3v) is 10.1. The molecule has 1 fully saturated rings. The molecule has 0 bridgehead atoms. The number of hydrogen-bond donors (Lipinski definition) is 9. The van der Waals surface area contributed by atoms with Crippen molar-refractivity contribution < 1.29 is 48.6 Å². The smallest absolute Gasteiger partial charge is 0.326 e. The van der Waals surface area contributed by atoms with E-state index in [2.05, 4.69) is 36.9 Å². The molecule has 19 heteroatoms. The lowest BCUT2D eigenvalue weighted by atomic mass is 9.84. The Labute approximate surface area is 349 Å². The number of amides is 6. The molecule has 60 heavy (non-hydrogen) atoms. The number of carboxylic acids is 2. The first kappa shape index (κ1) is 48.5. The zero-order valence-corrected chi connectivity index (χ0v) is 34.4. The maximum atomic E-state index is 14.0. The van der Waals surface area contributed by atoms with Gasteiger partial charge in [-0.1, -0.05) is 76.3 Å². The van der Waals surface area contributed by atoms with Crippen molar-refractivity contribution in [3.05, 3.63) is 54.6 Å². The van der Waals surface area contributed by atoms with E-state index in [9.17, 15) is 48.6 Å². The summed E-state index contributed by atoms with van der Waals surface area (Å²) in [5.41, 5.74) is 6.02. The summed E-state index contributed by atoms with van der Waals surface area (Å²) in [5.74, 6) is -7.62. The monoisotopic (exact) mass is 839 g/mol. The van der Waals surface area contributed by atoms with E-state index < -0.39 is 84.0 Å². The minimum Gasteiger partial charge on any atom is -0.481 e. The highest BCUT2D eigenvalue weighted by molar-refractivity contribution is 5.97. The standard InChI is InChI=1S/C41H61N9O10/c1-26(2)20-30(38(56)49-33(41(59)60)22-28-12-7-4-8-13-28)46-40(58)32(23-36(53)54)48-39(57)31(21-27-10-5-3-6-11-27)47-37(55)29(14-15-34(42)51)45-35(52)24-43-16-9-18-50-19-17-44-25-50/h4,7-8,12-13,17,19,25-27,29-33,43H,3,5-6,9-11,14-16,18,20-24H2,1-2H3,(H2,42,51)(H,45,52)(H,46,58)(H,47,55)(H,48,57)(H,49,56)(H,53,54)(H,59,60)/t29-,30-,31-,32-,33-/m0/s1. The topological polar surface area (TPSA) is 293 Å². The van der Waals surface area contributed by atoms with Crippen LogP contribution in [0.1, 0.15) is 90.0 Å². The van der Waals surface area contributed by atoms with E-state index in [1.54, 1.807) is 56.7 Å². The second kappa shape index (κ2) is 25.6. The number of aromatic nitrogens is 2. The van der Waals surface area contributed by atoms with Crippen LogP contribution >= 0.6 is 0 Å². The average Bonchev–Trinajstić information content (AvgIpc) is 3.72. The summed E-state index contributed by atoms with van der Waals surface area (Å²) in [6.07, 6.45) is 9.06. The van der Waals surface area contributed by atoms with Gasteiger partial charge in [-0.2, -0.15) is 0 Å². The van der Waals surface area contributed by atoms with Gasteiger partial charge in [0.25, 0.3) is 0 Å². The van der Waals surface area contributed by atoms with Gasteiger partial charge in [-0.05, 0) is 49.6 Å². The van der Waals surface area contributed by atoms with Crippen LogP contribution in [0.25, 0.3) is 0 Å². The molecular weight excluding hydrogens is 779 g/mol. The van der Waals surface area contributed by atoms with Crippen molar-refractivity contribution in [1.82, 2.24) is 41.5 Å². The largest absolute Gasteiger partial charge is 0.481 e. The molecule has 1 saturated carbocycles. The van der Waals surface area contributed by atoms with Crippen LogP contribution in [-0.2, 0) is 51.3 Å². The zero-order valence-electron chi connectivity index (χ0n) is 34.4. The minimum absolute atomic E-state index is 0.00363. The average molecular weight is 840 g/mol. The Kier molecular flexibility index (Phi) is 20.7. The number of hydrogen-bond acceptors (Lipinski definition) is 10. The molecule has 3 rings (SSSR count). The van der Waals surface area contributed by atoms with Crippen molar-refractivity contribution in [1.29, 1.82) is 0 Å². The maximum absolute atomic E-state index is 14.0. The van der Waals surface area contributed by atoms with Crippen LogP contribution in [-0.4, -0.2) is 110 Å². The molecule has 0 spiro atoms. The van der Waals surface area contributed by atoms with Gasteiger partial charge in [0.2, 0.25) is 35.4 Å². The number of rotatable bonds is 27. The molecule has 1 aliphatic carbocycles. The Morgan fingerprint density at radius 3 is 2.03 bits per heavy atom. The first-order valence-electron chi connectivity index (χ1n) is 20.5. The van der Waals surface area contributed by atoms with E-state index >= 15 is 0 Å². The number of primary amides is 1. The fourth-order valence-corrected chi connectivity index (χ4v) is 7.02. The molecule has 0 radical (unpaired) electrons. The van der Waals surface area contributed by atoms with Crippen LogP contribution in [0.4, 0.5) is 0 Å². The Bertz CT molecular complexity index is 1720. The van der Waals surface area contributed by atoms with Crippen molar-refractivity contribution in [2.45, 2.75) is 128 Å². The molecule has 0 aliphatic heterocycles. The van der Waals surface area contributed by atoms with E-state index in [-0.39, 0.29) is 50.5 Å². The van der Waals surface area contributed by atoms with E-state index in [4.69, 9.17) is 5.73 Å². The van der Waals surface area contributed by atoms with E-state index in [1.165, 1.54) is 0 Å². The second-order valence-electron chi connectivity index (χ2n) is 15.7. The van der Waals surface area contributed by atoms with Gasteiger partial charge in [0.1, 0.15) is 30.2 Å². The molecule has 1 aromatic heterocycles. The number of aryl methyl sites for hydroxylation is 1. The molecule has 10 N–H and O–H groups in total. The summed E-state index contributed by atoms with van der Waals surface area (Å²) in [4.78, 5) is 108. The minimum atomic E-state index is -1.70. The van der Waals surface area contributed by atoms with Gasteiger partial charge >= 0.3 is 11.9 Å². The molecular formula is C41H61N9O10. The molecule has 0 unspecified atom stereocenters. The number of benzene rings is 1. The van der Waals surface area contributed by atoms with Gasteiger partial charge in [-0.15, -0.1) is 0 Å². The Balaban J connectivity index is 1.75. The van der Waals surface area contributed by atoms with Gasteiger partial charge in [-0.25, -0.2) is 9.78 Å². The summed E-state index contributed by atoms with van der Waals surface area (Å²) >= 11 is 0. The first-order chi connectivity index (χ1) is 28.6. The number of nitrogens with two attached hydrogens (primary N) is 1. The quantitative estimate of drug-likeness (QED) is 0.0552. The van der Waals surface area contributed by atoms with Crippen molar-refractivity contribution in [2.24, 2.45) is 17.6 Å². The van der Waals surface area contributed by atoms with Gasteiger partial charge in [0.15, 0.2) is 0 Å². The lowest BCUT2D eigenvalue weighted by molar-refractivity contribution is -0.143. The van der Waals surface area contributed by atoms with Gasteiger partial charge in [-0.3, -0.25) is 33.6 Å². The van der Waals surface area contributed by atoms with Crippen molar-refractivity contribution in [3.8, 4) is 0 Å². The molecule has 2 aromatic rings.